The summed E-state index contributed by atoms with van der Waals surface area (Å²) in [5.41, 5.74) is -3.40. The van der Waals surface area contributed by atoms with Gasteiger partial charge in [0.25, 0.3) is 0 Å². The highest BCUT2D eigenvalue weighted by Gasteiger charge is 2.56. The lowest BCUT2D eigenvalue weighted by atomic mass is 9.83. The van der Waals surface area contributed by atoms with Gasteiger partial charge in [-0.3, -0.25) is 0 Å². The summed E-state index contributed by atoms with van der Waals surface area (Å²) in [6, 6.07) is 18.4. The topological polar surface area (TPSA) is 20.2 Å². The van der Waals surface area contributed by atoms with Crippen LogP contribution in [0.1, 0.15) is 11.1 Å². The number of benzene rings is 3. The fraction of sp³-hybridized carbons (Fsp3) is 0.111. The Balaban J connectivity index is 2.36. The second-order valence-corrected chi connectivity index (χ2v) is 5.10. The number of fused-ring (bicyclic) bond motifs is 1. The Bertz CT molecular complexity index is 791. The second-order valence-electron chi connectivity index (χ2n) is 5.10. The van der Waals surface area contributed by atoms with Gasteiger partial charge in [-0.15, -0.1) is 0 Å². The molecule has 0 amide bonds. The van der Waals surface area contributed by atoms with Crippen LogP contribution < -0.4 is 0 Å². The number of hydrogen-bond donors (Lipinski definition) is 1. The summed E-state index contributed by atoms with van der Waals surface area (Å²) in [7, 11) is 0. The van der Waals surface area contributed by atoms with Crippen molar-refractivity contribution in [2.75, 3.05) is 0 Å². The lowest BCUT2D eigenvalue weighted by Crippen LogP contribution is -2.43. The summed E-state index contributed by atoms with van der Waals surface area (Å²) < 4.78 is 41.3. The minimum Gasteiger partial charge on any atom is -0.372 e. The SMILES string of the molecule is OC(c1ccccc1)(c1cccc2ccccc12)C(F)(F)F. The van der Waals surface area contributed by atoms with Crippen LogP contribution in [0.25, 0.3) is 10.8 Å². The average Bonchev–Trinajstić information content (AvgIpc) is 2.53. The third-order valence-electron chi connectivity index (χ3n) is 3.78. The highest BCUT2D eigenvalue weighted by Crippen LogP contribution is 2.46. The number of alkyl halides is 3. The van der Waals surface area contributed by atoms with Crippen LogP contribution >= 0.6 is 0 Å². The van der Waals surface area contributed by atoms with Crippen LogP contribution in [0.5, 0.6) is 0 Å². The van der Waals surface area contributed by atoms with E-state index in [1.165, 1.54) is 36.4 Å². The Kier molecular flexibility index (Phi) is 3.41. The molecule has 22 heavy (non-hydrogen) atoms. The predicted octanol–water partition coefficient (Wildman–Crippen LogP) is 4.64. The smallest absolute Gasteiger partial charge is 0.372 e. The zero-order valence-electron chi connectivity index (χ0n) is 11.5. The molecule has 4 heteroatoms. The summed E-state index contributed by atoms with van der Waals surface area (Å²) >= 11 is 0. The van der Waals surface area contributed by atoms with Crippen LogP contribution in [0.4, 0.5) is 13.2 Å². The van der Waals surface area contributed by atoms with Gasteiger partial charge in [0.2, 0.25) is 5.60 Å². The fourth-order valence-electron chi connectivity index (χ4n) is 2.69. The van der Waals surface area contributed by atoms with Crippen molar-refractivity contribution in [3.63, 3.8) is 0 Å². The number of rotatable bonds is 2. The summed E-state index contributed by atoms with van der Waals surface area (Å²) in [5.74, 6) is 0. The van der Waals surface area contributed by atoms with E-state index in [-0.39, 0.29) is 11.1 Å². The predicted molar refractivity (Wildman–Crippen MR) is 79.4 cm³/mol. The van der Waals surface area contributed by atoms with Crippen molar-refractivity contribution in [1.82, 2.24) is 0 Å². The van der Waals surface area contributed by atoms with E-state index in [1.807, 2.05) is 0 Å². The minimum atomic E-state index is -4.83. The lowest BCUT2D eigenvalue weighted by Gasteiger charge is -2.32. The molecule has 3 aromatic carbocycles. The van der Waals surface area contributed by atoms with Gasteiger partial charge in [-0.2, -0.15) is 13.2 Å². The zero-order valence-corrected chi connectivity index (χ0v) is 11.5. The first-order valence-electron chi connectivity index (χ1n) is 6.77. The van der Waals surface area contributed by atoms with Crippen molar-refractivity contribution in [3.8, 4) is 0 Å². The monoisotopic (exact) mass is 302 g/mol. The van der Waals surface area contributed by atoms with Crippen LogP contribution in [0, 0.1) is 0 Å². The van der Waals surface area contributed by atoms with E-state index >= 15 is 0 Å². The molecule has 0 aliphatic rings. The van der Waals surface area contributed by atoms with Crippen molar-refractivity contribution >= 4 is 10.8 Å². The van der Waals surface area contributed by atoms with Gasteiger partial charge in [0, 0.05) is 5.56 Å². The van der Waals surface area contributed by atoms with E-state index in [0.717, 1.165) is 0 Å². The molecule has 0 aromatic heterocycles. The van der Waals surface area contributed by atoms with Crippen LogP contribution in [-0.2, 0) is 5.60 Å². The highest BCUT2D eigenvalue weighted by atomic mass is 19.4. The molecule has 0 aliphatic carbocycles. The molecular formula is C18H13F3O. The van der Waals surface area contributed by atoms with Crippen molar-refractivity contribution in [2.45, 2.75) is 11.8 Å². The van der Waals surface area contributed by atoms with Crippen molar-refractivity contribution in [2.24, 2.45) is 0 Å². The second kappa shape index (κ2) is 5.14. The molecule has 1 N–H and O–H groups in total. The van der Waals surface area contributed by atoms with Crippen molar-refractivity contribution in [3.05, 3.63) is 83.9 Å². The molecule has 1 unspecified atom stereocenters. The Morgan fingerprint density at radius 1 is 0.682 bits per heavy atom. The van der Waals surface area contributed by atoms with Crippen LogP contribution in [0.3, 0.4) is 0 Å². The molecule has 3 rings (SSSR count). The Hall–Kier alpha value is -2.33. The molecule has 0 saturated carbocycles. The van der Waals surface area contributed by atoms with Gasteiger partial charge in [-0.25, -0.2) is 0 Å². The molecule has 1 nitrogen and oxygen atoms in total. The summed E-state index contributed by atoms with van der Waals surface area (Å²) in [4.78, 5) is 0. The Morgan fingerprint density at radius 2 is 1.27 bits per heavy atom. The van der Waals surface area contributed by atoms with Crippen LogP contribution in [0.15, 0.2) is 72.8 Å². The summed E-state index contributed by atoms with van der Waals surface area (Å²) in [6.45, 7) is 0. The lowest BCUT2D eigenvalue weighted by molar-refractivity contribution is -0.247. The van der Waals surface area contributed by atoms with Crippen molar-refractivity contribution in [1.29, 1.82) is 0 Å². The quantitative estimate of drug-likeness (QED) is 0.731. The van der Waals surface area contributed by atoms with Gasteiger partial charge >= 0.3 is 6.18 Å². The normalized spacial score (nSPS) is 14.7. The average molecular weight is 302 g/mol. The van der Waals surface area contributed by atoms with Gasteiger partial charge in [-0.1, -0.05) is 72.8 Å². The molecule has 0 bridgehead atoms. The maximum absolute atomic E-state index is 13.8. The van der Waals surface area contributed by atoms with Gasteiger partial charge in [0.05, 0.1) is 0 Å². The van der Waals surface area contributed by atoms with Gasteiger partial charge in [-0.05, 0) is 16.3 Å². The number of halogens is 3. The number of hydrogen-bond acceptors (Lipinski definition) is 1. The van der Waals surface area contributed by atoms with E-state index in [2.05, 4.69) is 0 Å². The highest BCUT2D eigenvalue weighted by molar-refractivity contribution is 5.87. The maximum atomic E-state index is 13.8. The van der Waals surface area contributed by atoms with E-state index in [9.17, 15) is 18.3 Å². The Morgan fingerprint density at radius 3 is 1.95 bits per heavy atom. The molecule has 0 heterocycles. The molecule has 0 fully saturated rings. The molecule has 0 aliphatic heterocycles. The van der Waals surface area contributed by atoms with Gasteiger partial charge < -0.3 is 5.11 Å². The van der Waals surface area contributed by atoms with E-state index in [4.69, 9.17) is 0 Å². The first-order chi connectivity index (χ1) is 10.4. The molecule has 112 valence electrons. The van der Waals surface area contributed by atoms with E-state index in [0.29, 0.717) is 10.8 Å². The molecular weight excluding hydrogens is 289 g/mol. The zero-order chi connectivity index (χ0) is 15.8. The standard InChI is InChI=1S/C18H13F3O/c19-18(20,21)17(22,14-9-2-1-3-10-14)16-12-6-8-13-7-4-5-11-15(13)16/h1-12,22H. The third-order valence-corrected chi connectivity index (χ3v) is 3.78. The van der Waals surface area contributed by atoms with Crippen LogP contribution in [0.2, 0.25) is 0 Å². The summed E-state index contributed by atoms with van der Waals surface area (Å²) in [5, 5.41) is 11.7. The molecule has 1 atom stereocenters. The van der Waals surface area contributed by atoms with E-state index < -0.39 is 11.8 Å². The van der Waals surface area contributed by atoms with Crippen LogP contribution in [-0.4, -0.2) is 11.3 Å². The third kappa shape index (κ3) is 2.16. The fourth-order valence-corrected chi connectivity index (χ4v) is 2.69. The minimum absolute atomic E-state index is 0.163. The number of aliphatic hydroxyl groups is 1. The molecule has 3 aromatic rings. The summed E-state index contributed by atoms with van der Waals surface area (Å²) in [6.07, 6.45) is -4.83. The first-order valence-corrected chi connectivity index (χ1v) is 6.77. The molecule has 0 spiro atoms. The Labute approximate surface area is 125 Å². The maximum Gasteiger partial charge on any atom is 0.425 e. The van der Waals surface area contributed by atoms with E-state index in [1.54, 1.807) is 36.4 Å². The van der Waals surface area contributed by atoms with Crippen molar-refractivity contribution < 1.29 is 18.3 Å². The molecule has 0 radical (unpaired) electrons. The largest absolute Gasteiger partial charge is 0.425 e. The first kappa shape index (κ1) is 14.6. The molecule has 0 saturated heterocycles. The van der Waals surface area contributed by atoms with Gasteiger partial charge in [0.1, 0.15) is 0 Å². The van der Waals surface area contributed by atoms with Gasteiger partial charge in [0.15, 0.2) is 0 Å².